The van der Waals surface area contributed by atoms with Crippen molar-refractivity contribution < 1.29 is 32.8 Å². The molecule has 1 amide bonds. The molecule has 1 unspecified atom stereocenters. The van der Waals surface area contributed by atoms with Crippen molar-refractivity contribution in [3.63, 3.8) is 0 Å². The summed E-state index contributed by atoms with van der Waals surface area (Å²) in [6.45, 7) is 9.90. The van der Waals surface area contributed by atoms with Gasteiger partial charge in [0.2, 0.25) is 5.91 Å². The minimum absolute atomic E-state index is 0.0532. The number of rotatable bonds is 18. The van der Waals surface area contributed by atoms with Gasteiger partial charge in [-0.3, -0.25) is 9.36 Å². The first-order valence-electron chi connectivity index (χ1n) is 18.3. The Morgan fingerprint density at radius 1 is 0.945 bits per heavy atom. The van der Waals surface area contributed by atoms with E-state index >= 15 is 0 Å². The molecule has 1 aliphatic heterocycles. The van der Waals surface area contributed by atoms with Crippen LogP contribution in [0, 0.1) is 11.3 Å². The minimum atomic E-state index is -1.62. The van der Waals surface area contributed by atoms with Gasteiger partial charge in [-0.2, -0.15) is 10.2 Å². The van der Waals surface area contributed by atoms with Gasteiger partial charge in [-0.25, -0.2) is 9.46 Å². The fraction of sp³-hybridized carbons (Fsp3) is 0.415. The third-order valence-electron chi connectivity index (χ3n) is 9.14. The Labute approximate surface area is 324 Å². The Hall–Kier alpha value is -4.67. The van der Waals surface area contributed by atoms with Crippen LogP contribution in [0.2, 0.25) is 0 Å². The number of amides is 1. The summed E-state index contributed by atoms with van der Waals surface area (Å²) < 4.78 is 41.6. The molecule has 0 radical (unpaired) electrons. The van der Waals surface area contributed by atoms with Crippen LogP contribution in [0.15, 0.2) is 95.9 Å². The van der Waals surface area contributed by atoms with Crippen LogP contribution in [0.4, 0.5) is 5.82 Å². The summed E-state index contributed by atoms with van der Waals surface area (Å²) in [6.07, 6.45) is -0.118. The summed E-state index contributed by atoms with van der Waals surface area (Å²) in [5.41, 5.74) is 0.747. The van der Waals surface area contributed by atoms with Crippen molar-refractivity contribution in [3.05, 3.63) is 118 Å². The summed E-state index contributed by atoms with van der Waals surface area (Å²) in [5.74, 6) is 1.18. The molecule has 1 aromatic heterocycles. The second-order valence-corrected chi connectivity index (χ2v) is 15.0. The summed E-state index contributed by atoms with van der Waals surface area (Å²) in [7, 11) is 1.63. The Balaban J connectivity index is 1.62. The molecule has 1 saturated heterocycles. The highest BCUT2D eigenvalue weighted by atomic mass is 31.2. The van der Waals surface area contributed by atoms with E-state index in [0.717, 1.165) is 16.7 Å². The fourth-order valence-corrected chi connectivity index (χ4v) is 8.35. The number of methoxy groups -OCH3 is 2. The minimum Gasteiger partial charge on any atom is -0.497 e. The van der Waals surface area contributed by atoms with Crippen LogP contribution in [-0.2, 0) is 28.9 Å². The number of carbonyl (C=O) groups excluding carboxylic acids is 1. The van der Waals surface area contributed by atoms with Gasteiger partial charge in [-0.15, -0.1) is 0 Å². The molecule has 0 bridgehead atoms. The number of ether oxygens (including phenoxy) is 4. The zero-order chi connectivity index (χ0) is 39.5. The van der Waals surface area contributed by atoms with Crippen molar-refractivity contribution >= 4 is 20.3 Å². The van der Waals surface area contributed by atoms with Crippen LogP contribution in [0.1, 0.15) is 70.4 Å². The lowest BCUT2D eigenvalue weighted by molar-refractivity contribution is -0.114. The van der Waals surface area contributed by atoms with E-state index in [-0.39, 0.29) is 49.9 Å². The van der Waals surface area contributed by atoms with E-state index in [1.54, 1.807) is 26.5 Å². The predicted molar refractivity (Wildman–Crippen MR) is 210 cm³/mol. The Kier molecular flexibility index (Phi) is 14.5. The zero-order valence-electron chi connectivity index (χ0n) is 32.4. The molecule has 4 atom stereocenters. The second-order valence-electron chi connectivity index (χ2n) is 13.6. The van der Waals surface area contributed by atoms with E-state index in [2.05, 4.69) is 48.7 Å². The quantitative estimate of drug-likeness (QED) is 0.0624. The van der Waals surface area contributed by atoms with Gasteiger partial charge >= 0.3 is 5.69 Å². The van der Waals surface area contributed by atoms with E-state index in [0.29, 0.717) is 11.5 Å². The summed E-state index contributed by atoms with van der Waals surface area (Å²) >= 11 is 0. The number of benzene rings is 3. The second kappa shape index (κ2) is 19.3. The van der Waals surface area contributed by atoms with Gasteiger partial charge in [0.25, 0.3) is 8.53 Å². The van der Waals surface area contributed by atoms with Crippen molar-refractivity contribution in [1.82, 2.24) is 14.2 Å². The third kappa shape index (κ3) is 9.96. The van der Waals surface area contributed by atoms with Gasteiger partial charge in [0.15, 0.2) is 0 Å². The van der Waals surface area contributed by atoms with E-state index in [4.69, 9.17) is 28.0 Å². The smallest absolute Gasteiger partial charge is 0.351 e. The van der Waals surface area contributed by atoms with Crippen LogP contribution in [0.3, 0.4) is 0 Å². The zero-order valence-corrected chi connectivity index (χ0v) is 33.3. The molecule has 13 nitrogen and oxygen atoms in total. The molecule has 3 aromatic carbocycles. The van der Waals surface area contributed by atoms with Crippen molar-refractivity contribution in [1.29, 1.82) is 5.26 Å². The van der Waals surface area contributed by atoms with Gasteiger partial charge in [-0.1, -0.05) is 54.6 Å². The lowest BCUT2D eigenvalue weighted by Gasteiger charge is -2.40. The number of nitriles is 1. The first-order valence-corrected chi connectivity index (χ1v) is 19.4. The van der Waals surface area contributed by atoms with Crippen LogP contribution in [0.5, 0.6) is 11.5 Å². The lowest BCUT2D eigenvalue weighted by Crippen LogP contribution is -2.41. The SMILES string of the molecule is COc1ccc(C(O[C@@H]2C[C@H](n3ccc(NC(C)=O)nc3=O)O[C@@H]2COP(OCCC#N)N(C(C)C)C(C)C)(c2ccccc2)c2ccc(OC)cc2)cc1. The van der Waals surface area contributed by atoms with Crippen LogP contribution in [-0.4, -0.2) is 71.9 Å². The number of hydrogen-bond donors (Lipinski definition) is 1. The molecular weight excluding hydrogens is 721 g/mol. The van der Waals surface area contributed by atoms with Crippen molar-refractivity contribution in [2.75, 3.05) is 32.8 Å². The van der Waals surface area contributed by atoms with Crippen molar-refractivity contribution in [2.24, 2.45) is 0 Å². The number of nitrogens with one attached hydrogen (secondary N) is 1. The molecule has 14 heteroatoms. The highest BCUT2D eigenvalue weighted by Gasteiger charge is 2.47. The molecule has 4 aromatic rings. The average Bonchev–Trinajstić information content (AvgIpc) is 3.57. The van der Waals surface area contributed by atoms with Crippen molar-refractivity contribution in [3.8, 4) is 17.6 Å². The number of hydrogen-bond acceptors (Lipinski definition) is 11. The summed E-state index contributed by atoms with van der Waals surface area (Å²) in [4.78, 5) is 29.2. The predicted octanol–water partition coefficient (Wildman–Crippen LogP) is 7.18. The molecule has 0 aliphatic carbocycles. The summed E-state index contributed by atoms with van der Waals surface area (Å²) in [6, 6.07) is 29.3. The summed E-state index contributed by atoms with van der Waals surface area (Å²) in [5, 5.41) is 11.8. The maximum atomic E-state index is 13.4. The van der Waals surface area contributed by atoms with Crippen LogP contribution >= 0.6 is 8.53 Å². The molecule has 0 saturated carbocycles. The maximum absolute atomic E-state index is 13.4. The highest BCUT2D eigenvalue weighted by molar-refractivity contribution is 7.44. The monoisotopic (exact) mass is 771 g/mol. The molecule has 2 heterocycles. The van der Waals surface area contributed by atoms with E-state index in [1.165, 1.54) is 11.5 Å². The molecule has 1 aliphatic rings. The fourth-order valence-electron chi connectivity index (χ4n) is 6.73. The van der Waals surface area contributed by atoms with Crippen LogP contribution in [0.25, 0.3) is 0 Å². The van der Waals surface area contributed by atoms with E-state index < -0.39 is 38.3 Å². The first kappa shape index (κ1) is 41.5. The molecule has 5 rings (SSSR count). The first-order chi connectivity index (χ1) is 26.5. The molecule has 1 fully saturated rings. The standard InChI is InChI=1S/C41H50N5O8P/c1-28(2)46(29(3)4)55(51-25-11-23-42)52-27-37-36(26-39(53-37)45-24-22-38(43-30(5)47)44-40(45)48)54-41(31-12-9-8-10-13-31,32-14-18-34(49-6)19-15-32)33-16-20-35(50-7)21-17-33/h8-10,12-22,24,28-29,36-37,39H,11,25-27H2,1-7H3,(H,43,44,47,48)/t36-,37-,39-,55?/m1/s1. The largest absolute Gasteiger partial charge is 0.497 e. The molecule has 292 valence electrons. The van der Waals surface area contributed by atoms with Crippen LogP contribution < -0.4 is 20.5 Å². The molecular formula is C41H50N5O8P. The number of aromatic nitrogens is 2. The van der Waals surface area contributed by atoms with Gasteiger partial charge in [0.05, 0.1) is 46.0 Å². The van der Waals surface area contributed by atoms with E-state index in [1.807, 2.05) is 78.9 Å². The van der Waals surface area contributed by atoms with Crippen molar-refractivity contribution in [2.45, 2.75) is 83.6 Å². The van der Waals surface area contributed by atoms with Gasteiger partial charge in [0.1, 0.15) is 35.2 Å². The lowest BCUT2D eigenvalue weighted by atomic mass is 9.79. The molecule has 55 heavy (non-hydrogen) atoms. The topological polar surface area (TPSA) is 146 Å². The Morgan fingerprint density at radius 3 is 2.04 bits per heavy atom. The molecule has 0 spiro atoms. The van der Waals surface area contributed by atoms with Gasteiger partial charge in [0, 0.05) is 31.6 Å². The Morgan fingerprint density at radius 2 is 1.53 bits per heavy atom. The number of anilines is 1. The Bertz CT molecular complexity index is 1880. The third-order valence-corrected chi connectivity index (χ3v) is 11.2. The van der Waals surface area contributed by atoms with Gasteiger partial charge in [-0.05, 0) is 74.7 Å². The number of carbonyl (C=O) groups is 1. The number of nitrogens with zero attached hydrogens (tertiary/aromatic N) is 4. The highest BCUT2D eigenvalue weighted by Crippen LogP contribution is 2.49. The molecule has 1 N–H and O–H groups in total. The van der Waals surface area contributed by atoms with E-state index in [9.17, 15) is 14.9 Å². The normalized spacial score (nSPS) is 17.7. The maximum Gasteiger partial charge on any atom is 0.351 e. The average molecular weight is 772 g/mol. The van der Waals surface area contributed by atoms with Gasteiger partial charge < -0.3 is 33.3 Å².